The molecule has 0 saturated carbocycles. The average molecular weight is 357 g/mol. The summed E-state index contributed by atoms with van der Waals surface area (Å²) in [5.41, 5.74) is 5.37. The van der Waals surface area contributed by atoms with Crippen LogP contribution in [0.5, 0.6) is 11.5 Å². The number of benzene rings is 1. The van der Waals surface area contributed by atoms with Crippen molar-refractivity contribution in [3.63, 3.8) is 0 Å². The topological polar surface area (TPSA) is 27.7 Å². The smallest absolute Gasteiger partial charge is 0.231 e. The molecule has 2 rings (SSSR count). The number of hydrogen-bond donors (Lipinski definition) is 0. The number of hydrogen-bond acceptors (Lipinski definition) is 3. The Balaban J connectivity index is 1.63. The van der Waals surface area contributed by atoms with E-state index >= 15 is 0 Å². The lowest BCUT2D eigenvalue weighted by Gasteiger charge is -2.05. The second kappa shape index (κ2) is 10.9. The van der Waals surface area contributed by atoms with Crippen LogP contribution in [0.15, 0.2) is 53.1 Å². The number of rotatable bonds is 10. The van der Waals surface area contributed by atoms with Gasteiger partial charge in [-0.1, -0.05) is 41.0 Å². The number of allylic oxidation sites excluding steroid dienone is 5. The number of ether oxygens (including phenoxy) is 3. The zero-order valence-electron chi connectivity index (χ0n) is 16.6. The Labute approximate surface area is 158 Å². The first-order chi connectivity index (χ1) is 12.5. The lowest BCUT2D eigenvalue weighted by molar-refractivity contribution is 0.147. The fourth-order valence-corrected chi connectivity index (χ4v) is 2.75. The molecule has 0 radical (unpaired) electrons. The molecule has 0 spiro atoms. The molecule has 0 bridgehead atoms. The third kappa shape index (κ3) is 7.49. The number of fused-ring (bicyclic) bond motifs is 1. The first kappa shape index (κ1) is 20.3. The molecule has 0 atom stereocenters. The molecular weight excluding hydrogens is 324 g/mol. The van der Waals surface area contributed by atoms with E-state index in [-0.39, 0.29) is 0 Å². The highest BCUT2D eigenvalue weighted by Crippen LogP contribution is 2.32. The van der Waals surface area contributed by atoms with E-state index < -0.39 is 0 Å². The Morgan fingerprint density at radius 1 is 0.923 bits per heavy atom. The molecule has 1 aromatic rings. The van der Waals surface area contributed by atoms with Gasteiger partial charge in [-0.3, -0.25) is 0 Å². The van der Waals surface area contributed by atoms with Gasteiger partial charge < -0.3 is 14.2 Å². The summed E-state index contributed by atoms with van der Waals surface area (Å²) in [5, 5.41) is 0. The van der Waals surface area contributed by atoms with Crippen molar-refractivity contribution in [3.8, 4) is 11.5 Å². The standard InChI is InChI=1S/C23H32O3/c1-18(2)7-5-8-19(3)9-6-10-20(4)13-14-24-16-21-11-12-22-23(15-21)26-17-25-22/h7,9,11-13,15H,5-6,8,10,14,16-17H2,1-4H3. The second-order valence-corrected chi connectivity index (χ2v) is 7.16. The van der Waals surface area contributed by atoms with Gasteiger partial charge in [0, 0.05) is 0 Å². The monoisotopic (exact) mass is 356 g/mol. The molecule has 0 aromatic heterocycles. The van der Waals surface area contributed by atoms with Crippen LogP contribution in [0, 0.1) is 0 Å². The van der Waals surface area contributed by atoms with Gasteiger partial charge in [0.2, 0.25) is 6.79 Å². The summed E-state index contributed by atoms with van der Waals surface area (Å²) in [6.45, 7) is 10.3. The van der Waals surface area contributed by atoms with Crippen LogP contribution in [0.4, 0.5) is 0 Å². The quantitative estimate of drug-likeness (QED) is 0.361. The largest absolute Gasteiger partial charge is 0.454 e. The minimum atomic E-state index is 0.310. The first-order valence-electron chi connectivity index (χ1n) is 9.45. The SMILES string of the molecule is CC(C)=CCCC(C)=CCCC(C)=CCOCc1ccc2c(c1)OCO2. The first-order valence-corrected chi connectivity index (χ1v) is 9.45. The lowest BCUT2D eigenvalue weighted by Crippen LogP contribution is -1.94. The molecule has 0 saturated heterocycles. The van der Waals surface area contributed by atoms with Gasteiger partial charge in [0.15, 0.2) is 11.5 Å². The molecule has 1 aliphatic heterocycles. The van der Waals surface area contributed by atoms with Crippen LogP contribution in [-0.2, 0) is 11.3 Å². The van der Waals surface area contributed by atoms with Gasteiger partial charge in [-0.05, 0) is 71.1 Å². The van der Waals surface area contributed by atoms with Crippen LogP contribution in [0.3, 0.4) is 0 Å². The highest BCUT2D eigenvalue weighted by Gasteiger charge is 2.12. The Hall–Kier alpha value is -2.00. The highest BCUT2D eigenvalue weighted by molar-refractivity contribution is 5.44. The van der Waals surface area contributed by atoms with E-state index in [4.69, 9.17) is 14.2 Å². The normalized spacial score (nSPS) is 13.8. The zero-order chi connectivity index (χ0) is 18.8. The Kier molecular flexibility index (Phi) is 8.49. The fourth-order valence-electron chi connectivity index (χ4n) is 2.75. The summed E-state index contributed by atoms with van der Waals surface area (Å²) in [4.78, 5) is 0. The summed E-state index contributed by atoms with van der Waals surface area (Å²) in [5.74, 6) is 1.62. The summed E-state index contributed by atoms with van der Waals surface area (Å²) < 4.78 is 16.5. The third-order valence-electron chi connectivity index (χ3n) is 4.38. The third-order valence-corrected chi connectivity index (χ3v) is 4.38. The Morgan fingerprint density at radius 2 is 1.62 bits per heavy atom. The van der Waals surface area contributed by atoms with Crippen LogP contribution in [0.1, 0.15) is 58.9 Å². The van der Waals surface area contributed by atoms with Crippen molar-refractivity contribution < 1.29 is 14.2 Å². The van der Waals surface area contributed by atoms with Crippen molar-refractivity contribution in [2.75, 3.05) is 13.4 Å². The predicted octanol–water partition coefficient (Wildman–Crippen LogP) is 6.35. The summed E-state index contributed by atoms with van der Waals surface area (Å²) in [7, 11) is 0. The Morgan fingerprint density at radius 3 is 2.38 bits per heavy atom. The Bertz CT molecular complexity index is 664. The second-order valence-electron chi connectivity index (χ2n) is 7.16. The van der Waals surface area contributed by atoms with Crippen LogP contribution in [0.25, 0.3) is 0 Å². The molecule has 142 valence electrons. The molecule has 0 aliphatic carbocycles. The summed E-state index contributed by atoms with van der Waals surface area (Å²) in [6, 6.07) is 5.95. The van der Waals surface area contributed by atoms with Crippen molar-refractivity contribution in [2.45, 2.75) is 60.0 Å². The van der Waals surface area contributed by atoms with Gasteiger partial charge in [0.05, 0.1) is 13.2 Å². The molecule has 26 heavy (non-hydrogen) atoms. The molecule has 1 heterocycles. The molecule has 0 amide bonds. The van der Waals surface area contributed by atoms with Gasteiger partial charge in [0.1, 0.15) is 0 Å². The van der Waals surface area contributed by atoms with Crippen molar-refractivity contribution in [1.82, 2.24) is 0 Å². The molecule has 3 heteroatoms. The van der Waals surface area contributed by atoms with E-state index in [0.717, 1.165) is 42.7 Å². The van der Waals surface area contributed by atoms with E-state index in [2.05, 4.69) is 45.9 Å². The molecule has 1 aliphatic rings. The van der Waals surface area contributed by atoms with Crippen LogP contribution in [-0.4, -0.2) is 13.4 Å². The van der Waals surface area contributed by atoms with E-state index in [9.17, 15) is 0 Å². The molecule has 0 N–H and O–H groups in total. The van der Waals surface area contributed by atoms with Gasteiger partial charge in [0.25, 0.3) is 0 Å². The van der Waals surface area contributed by atoms with Gasteiger partial charge in [-0.15, -0.1) is 0 Å². The predicted molar refractivity (Wildman–Crippen MR) is 108 cm³/mol. The van der Waals surface area contributed by atoms with E-state index in [1.165, 1.54) is 16.7 Å². The average Bonchev–Trinajstić information content (AvgIpc) is 3.06. The fraction of sp³-hybridized carbons (Fsp3) is 0.478. The van der Waals surface area contributed by atoms with Crippen LogP contribution >= 0.6 is 0 Å². The molecular formula is C23H32O3. The van der Waals surface area contributed by atoms with Crippen molar-refractivity contribution in [3.05, 3.63) is 58.7 Å². The molecule has 1 aromatic carbocycles. The zero-order valence-corrected chi connectivity index (χ0v) is 16.6. The molecule has 3 nitrogen and oxygen atoms in total. The maximum absolute atomic E-state index is 5.76. The van der Waals surface area contributed by atoms with E-state index in [0.29, 0.717) is 20.0 Å². The maximum Gasteiger partial charge on any atom is 0.231 e. The maximum atomic E-state index is 5.76. The van der Waals surface area contributed by atoms with Gasteiger partial charge >= 0.3 is 0 Å². The van der Waals surface area contributed by atoms with Crippen molar-refractivity contribution in [2.24, 2.45) is 0 Å². The highest BCUT2D eigenvalue weighted by atomic mass is 16.7. The summed E-state index contributed by atoms with van der Waals surface area (Å²) in [6.07, 6.45) is 11.3. The van der Waals surface area contributed by atoms with Gasteiger partial charge in [-0.25, -0.2) is 0 Å². The lowest BCUT2D eigenvalue weighted by atomic mass is 10.1. The van der Waals surface area contributed by atoms with E-state index in [1.807, 2.05) is 18.2 Å². The van der Waals surface area contributed by atoms with Crippen molar-refractivity contribution in [1.29, 1.82) is 0 Å². The van der Waals surface area contributed by atoms with E-state index in [1.54, 1.807) is 0 Å². The minimum Gasteiger partial charge on any atom is -0.454 e. The van der Waals surface area contributed by atoms with Crippen LogP contribution in [0.2, 0.25) is 0 Å². The molecule has 0 fully saturated rings. The minimum absolute atomic E-state index is 0.310. The summed E-state index contributed by atoms with van der Waals surface area (Å²) >= 11 is 0. The van der Waals surface area contributed by atoms with Gasteiger partial charge in [-0.2, -0.15) is 0 Å². The molecule has 0 unspecified atom stereocenters. The van der Waals surface area contributed by atoms with Crippen LogP contribution < -0.4 is 9.47 Å². The van der Waals surface area contributed by atoms with Crippen molar-refractivity contribution >= 4 is 0 Å².